The lowest BCUT2D eigenvalue weighted by atomic mass is 9.81. The van der Waals surface area contributed by atoms with E-state index >= 15 is 0 Å². The number of pyridine rings is 1. The molecule has 2 rings (SSSR count). The Labute approximate surface area is 137 Å². The second kappa shape index (κ2) is 7.54. The molecule has 130 valence electrons. The van der Waals surface area contributed by atoms with Gasteiger partial charge >= 0.3 is 7.12 Å². The number of hydrogen-bond acceptors (Lipinski definition) is 6. The molecule has 0 radical (unpaired) electrons. The summed E-state index contributed by atoms with van der Waals surface area (Å²) in [6.07, 6.45) is 1.30. The van der Waals surface area contributed by atoms with E-state index in [1.165, 1.54) is 11.8 Å². The molecule has 1 saturated heterocycles. The average molecular weight is 342 g/mol. The fourth-order valence-corrected chi connectivity index (χ4v) is 2.20. The number of rotatable bonds is 6. The zero-order valence-electron chi connectivity index (χ0n) is 12.9. The molecule has 1 aliphatic heterocycles. The average Bonchev–Trinajstić information content (AvgIpc) is 2.46. The number of aromatic nitrogens is 1. The van der Waals surface area contributed by atoms with E-state index in [9.17, 15) is 18.4 Å². The first-order chi connectivity index (χ1) is 11.3. The summed E-state index contributed by atoms with van der Waals surface area (Å²) in [6.45, 7) is 1.41. The van der Waals surface area contributed by atoms with E-state index in [2.05, 4.69) is 15.6 Å². The predicted octanol–water partition coefficient (Wildman–Crippen LogP) is -1.43. The van der Waals surface area contributed by atoms with Gasteiger partial charge in [0.1, 0.15) is 11.9 Å². The van der Waals surface area contributed by atoms with E-state index in [1.54, 1.807) is 0 Å². The topological polar surface area (TPSA) is 115 Å². The quantitative estimate of drug-likeness (QED) is 0.472. The minimum absolute atomic E-state index is 0.121. The van der Waals surface area contributed by atoms with Crippen molar-refractivity contribution in [2.45, 2.75) is 25.3 Å². The molecule has 1 aromatic heterocycles. The minimum atomic E-state index is -1.71. The van der Waals surface area contributed by atoms with Crippen LogP contribution in [-0.4, -0.2) is 59.0 Å². The maximum Gasteiger partial charge on any atom is 0.475 e. The van der Waals surface area contributed by atoms with Gasteiger partial charge in [0.05, 0.1) is 18.7 Å². The molecule has 24 heavy (non-hydrogen) atoms. The van der Waals surface area contributed by atoms with Crippen LogP contribution in [0.1, 0.15) is 13.3 Å². The molecule has 2 amide bonds. The smallest absolute Gasteiger partial charge is 0.426 e. The van der Waals surface area contributed by atoms with Gasteiger partial charge in [-0.1, -0.05) is 0 Å². The first-order valence-electron chi connectivity index (χ1n) is 7.30. The van der Waals surface area contributed by atoms with Gasteiger partial charge in [0.2, 0.25) is 11.8 Å². The van der Waals surface area contributed by atoms with Gasteiger partial charge in [-0.25, -0.2) is 13.8 Å². The SMILES string of the molecule is CC(NC(=O)CNC(=O)[C@@H]1CCN1c1ncc(F)cc1F)B(O)O. The molecule has 2 atom stereocenters. The second-order valence-corrected chi connectivity index (χ2v) is 5.44. The van der Waals surface area contributed by atoms with E-state index in [0.29, 0.717) is 19.0 Å². The Balaban J connectivity index is 1.88. The van der Waals surface area contributed by atoms with Crippen molar-refractivity contribution < 1.29 is 28.4 Å². The molecule has 8 nitrogen and oxygen atoms in total. The molecule has 2 heterocycles. The van der Waals surface area contributed by atoms with Crippen molar-refractivity contribution in [3.05, 3.63) is 23.9 Å². The highest BCUT2D eigenvalue weighted by Gasteiger charge is 2.36. The Morgan fingerprint density at radius 1 is 1.50 bits per heavy atom. The number of carbonyl (C=O) groups excluding carboxylic acids is 2. The lowest BCUT2D eigenvalue weighted by Crippen LogP contribution is -2.58. The highest BCUT2D eigenvalue weighted by Crippen LogP contribution is 2.27. The van der Waals surface area contributed by atoms with Gasteiger partial charge in [-0.05, 0) is 13.3 Å². The van der Waals surface area contributed by atoms with Gasteiger partial charge in [0.15, 0.2) is 11.6 Å². The van der Waals surface area contributed by atoms with Crippen molar-refractivity contribution in [2.75, 3.05) is 18.0 Å². The molecule has 0 aliphatic carbocycles. The fourth-order valence-electron chi connectivity index (χ4n) is 2.20. The summed E-state index contributed by atoms with van der Waals surface area (Å²) in [5, 5.41) is 22.4. The zero-order chi connectivity index (χ0) is 17.9. The van der Waals surface area contributed by atoms with Crippen molar-refractivity contribution in [2.24, 2.45) is 0 Å². The van der Waals surface area contributed by atoms with Crippen molar-refractivity contribution in [3.8, 4) is 0 Å². The van der Waals surface area contributed by atoms with Crippen LogP contribution in [0.3, 0.4) is 0 Å². The first kappa shape index (κ1) is 18.1. The lowest BCUT2D eigenvalue weighted by Gasteiger charge is -2.40. The Kier molecular flexibility index (Phi) is 5.68. The third kappa shape index (κ3) is 4.17. The van der Waals surface area contributed by atoms with Crippen LogP contribution in [0.4, 0.5) is 14.6 Å². The largest absolute Gasteiger partial charge is 0.475 e. The van der Waals surface area contributed by atoms with Crippen LogP contribution in [0.5, 0.6) is 0 Å². The molecule has 0 spiro atoms. The maximum absolute atomic E-state index is 13.7. The number of halogens is 2. The van der Waals surface area contributed by atoms with E-state index < -0.39 is 42.6 Å². The molecule has 4 N–H and O–H groups in total. The number of hydrogen-bond donors (Lipinski definition) is 4. The van der Waals surface area contributed by atoms with E-state index in [1.807, 2.05) is 0 Å². The molecular weight excluding hydrogens is 325 g/mol. The van der Waals surface area contributed by atoms with Crippen molar-refractivity contribution in [1.29, 1.82) is 0 Å². The summed E-state index contributed by atoms with van der Waals surface area (Å²) in [7, 11) is -1.71. The predicted molar refractivity (Wildman–Crippen MR) is 80.7 cm³/mol. The molecule has 0 aromatic carbocycles. The Hall–Kier alpha value is -2.27. The number of nitrogens with one attached hydrogen (secondary N) is 2. The first-order valence-corrected chi connectivity index (χ1v) is 7.30. The van der Waals surface area contributed by atoms with Crippen LogP contribution >= 0.6 is 0 Å². The van der Waals surface area contributed by atoms with Gasteiger partial charge in [-0.2, -0.15) is 0 Å². The summed E-state index contributed by atoms with van der Waals surface area (Å²) in [4.78, 5) is 28.6. The number of nitrogens with zero attached hydrogens (tertiary/aromatic N) is 2. The maximum atomic E-state index is 13.7. The number of anilines is 1. The third-order valence-corrected chi connectivity index (χ3v) is 3.64. The van der Waals surface area contributed by atoms with Crippen molar-refractivity contribution in [3.63, 3.8) is 0 Å². The molecule has 11 heteroatoms. The summed E-state index contributed by atoms with van der Waals surface area (Å²) < 4.78 is 26.6. The summed E-state index contributed by atoms with van der Waals surface area (Å²) in [5.41, 5.74) is 0. The third-order valence-electron chi connectivity index (χ3n) is 3.64. The van der Waals surface area contributed by atoms with Gasteiger partial charge in [0.25, 0.3) is 0 Å². The van der Waals surface area contributed by atoms with E-state index in [4.69, 9.17) is 10.0 Å². The highest BCUT2D eigenvalue weighted by molar-refractivity contribution is 6.43. The molecule has 1 aliphatic rings. The van der Waals surface area contributed by atoms with Crippen LogP contribution in [-0.2, 0) is 9.59 Å². The number of carbonyl (C=O) groups is 2. The Bertz CT molecular complexity index is 634. The second-order valence-electron chi connectivity index (χ2n) is 5.44. The van der Waals surface area contributed by atoms with Crippen molar-refractivity contribution in [1.82, 2.24) is 15.6 Å². The monoisotopic (exact) mass is 342 g/mol. The Morgan fingerprint density at radius 3 is 2.75 bits per heavy atom. The minimum Gasteiger partial charge on any atom is -0.426 e. The van der Waals surface area contributed by atoms with E-state index in [-0.39, 0.29) is 12.4 Å². The molecule has 1 aromatic rings. The molecule has 0 saturated carbocycles. The van der Waals surface area contributed by atoms with Crippen LogP contribution in [0, 0.1) is 11.6 Å². The van der Waals surface area contributed by atoms with Crippen LogP contribution in [0.2, 0.25) is 0 Å². The molecule has 0 bridgehead atoms. The van der Waals surface area contributed by atoms with E-state index in [0.717, 1.165) is 6.20 Å². The van der Waals surface area contributed by atoms with Crippen LogP contribution in [0.15, 0.2) is 12.3 Å². The Morgan fingerprint density at radius 2 is 2.21 bits per heavy atom. The van der Waals surface area contributed by atoms with Crippen LogP contribution < -0.4 is 15.5 Å². The summed E-state index contributed by atoms with van der Waals surface area (Å²) in [5.74, 6) is -3.78. The standard InChI is InChI=1S/C13H17BF2N4O4/c1-7(14(23)24)19-11(21)6-18-13(22)10-2-3-20(10)12-9(16)4-8(15)5-17-12/h4-5,7,10,23-24H,2-3,6H2,1H3,(H,18,22)(H,19,21)/t7?,10-/m0/s1. The lowest BCUT2D eigenvalue weighted by molar-refractivity contribution is -0.127. The molecule has 1 fully saturated rings. The molecule has 1 unspecified atom stereocenters. The highest BCUT2D eigenvalue weighted by atomic mass is 19.1. The van der Waals surface area contributed by atoms with Crippen molar-refractivity contribution >= 4 is 24.8 Å². The summed E-state index contributed by atoms with van der Waals surface area (Å²) in [6, 6.07) is -0.0175. The number of amides is 2. The summed E-state index contributed by atoms with van der Waals surface area (Å²) >= 11 is 0. The zero-order valence-corrected chi connectivity index (χ0v) is 12.9. The van der Waals surface area contributed by atoms with Gasteiger partial charge in [0, 0.05) is 12.6 Å². The van der Waals surface area contributed by atoms with Crippen LogP contribution in [0.25, 0.3) is 0 Å². The molecular formula is C13H17BF2N4O4. The van der Waals surface area contributed by atoms with Gasteiger partial charge < -0.3 is 25.6 Å². The fraction of sp³-hybridized carbons (Fsp3) is 0.462. The normalized spacial score (nSPS) is 17.7. The van der Waals surface area contributed by atoms with Gasteiger partial charge in [-0.3, -0.25) is 9.59 Å². The van der Waals surface area contributed by atoms with Gasteiger partial charge in [-0.15, -0.1) is 0 Å².